The zero-order valence-electron chi connectivity index (χ0n) is 15.8. The smallest absolute Gasteiger partial charge is 0.335 e. The van der Waals surface area contributed by atoms with Gasteiger partial charge < -0.3 is 9.84 Å². The molecular weight excluding hydrogens is 386 g/mol. The van der Waals surface area contributed by atoms with Crippen LogP contribution in [0, 0.1) is 0 Å². The van der Waals surface area contributed by atoms with Gasteiger partial charge in [-0.3, -0.25) is 4.57 Å². The Labute approximate surface area is 172 Å². The van der Waals surface area contributed by atoms with Crippen LogP contribution in [0.1, 0.15) is 21.5 Å². The van der Waals surface area contributed by atoms with Gasteiger partial charge in [0.15, 0.2) is 10.8 Å². The highest BCUT2D eigenvalue weighted by molar-refractivity contribution is 7.98. The summed E-state index contributed by atoms with van der Waals surface area (Å²) in [5, 5.41) is 9.91. The van der Waals surface area contributed by atoms with Crippen molar-refractivity contribution >= 4 is 28.9 Å². The monoisotopic (exact) mass is 405 g/mol. The van der Waals surface area contributed by atoms with E-state index in [0.29, 0.717) is 12.3 Å². The Balaban J connectivity index is 1.59. The first-order chi connectivity index (χ1) is 14.1. The molecule has 0 spiro atoms. The van der Waals surface area contributed by atoms with Crippen molar-refractivity contribution in [3.8, 4) is 5.75 Å². The Kier molecular flexibility index (Phi) is 5.48. The molecule has 0 fully saturated rings. The van der Waals surface area contributed by atoms with Crippen LogP contribution in [0.2, 0.25) is 0 Å². The van der Waals surface area contributed by atoms with Gasteiger partial charge in [-0.25, -0.2) is 14.8 Å². The number of rotatable bonds is 7. The van der Waals surface area contributed by atoms with Crippen LogP contribution in [0.5, 0.6) is 5.75 Å². The summed E-state index contributed by atoms with van der Waals surface area (Å²) >= 11 is 1.61. The predicted octanol–water partition coefficient (Wildman–Crippen LogP) is 4.48. The molecule has 4 aromatic rings. The van der Waals surface area contributed by atoms with Crippen molar-refractivity contribution in [3.63, 3.8) is 0 Å². The second kappa shape index (κ2) is 8.36. The number of thioether (sulfide) groups is 1. The van der Waals surface area contributed by atoms with Gasteiger partial charge in [-0.05, 0) is 47.5 Å². The van der Waals surface area contributed by atoms with Crippen LogP contribution in [0.25, 0.3) is 11.2 Å². The average Bonchev–Trinajstić information content (AvgIpc) is 3.10. The number of imidazole rings is 1. The van der Waals surface area contributed by atoms with Gasteiger partial charge in [0, 0.05) is 11.9 Å². The highest BCUT2D eigenvalue weighted by atomic mass is 32.2. The van der Waals surface area contributed by atoms with E-state index >= 15 is 0 Å². The molecule has 0 saturated heterocycles. The second-order valence-corrected chi connectivity index (χ2v) is 7.41. The van der Waals surface area contributed by atoms with Crippen LogP contribution in [0.15, 0.2) is 72.0 Å². The van der Waals surface area contributed by atoms with E-state index in [2.05, 4.69) is 9.55 Å². The van der Waals surface area contributed by atoms with Gasteiger partial charge >= 0.3 is 5.97 Å². The zero-order chi connectivity index (χ0) is 20.2. The van der Waals surface area contributed by atoms with Crippen LogP contribution in [0.4, 0.5) is 0 Å². The van der Waals surface area contributed by atoms with Gasteiger partial charge in [0.25, 0.3) is 0 Å². The van der Waals surface area contributed by atoms with Crippen LogP contribution in [-0.2, 0) is 12.3 Å². The number of methoxy groups -OCH3 is 1. The number of carbonyl (C=O) groups is 1. The highest BCUT2D eigenvalue weighted by Gasteiger charge is 2.13. The minimum Gasteiger partial charge on any atom is -0.497 e. The third-order valence-electron chi connectivity index (χ3n) is 4.54. The van der Waals surface area contributed by atoms with E-state index in [0.717, 1.165) is 33.2 Å². The van der Waals surface area contributed by atoms with Crippen LogP contribution >= 0.6 is 11.8 Å². The Morgan fingerprint density at radius 3 is 2.48 bits per heavy atom. The largest absolute Gasteiger partial charge is 0.497 e. The minimum atomic E-state index is -0.920. The number of carboxylic acids is 1. The number of carboxylic acid groups (broad SMARTS) is 1. The van der Waals surface area contributed by atoms with Gasteiger partial charge in [0.05, 0.1) is 19.2 Å². The number of pyridine rings is 1. The molecule has 146 valence electrons. The molecule has 0 atom stereocenters. The summed E-state index contributed by atoms with van der Waals surface area (Å²) in [5.41, 5.74) is 4.14. The molecule has 0 radical (unpaired) electrons. The molecule has 7 heteroatoms. The van der Waals surface area contributed by atoms with Crippen molar-refractivity contribution in [2.45, 2.75) is 17.5 Å². The number of aromatic carboxylic acids is 1. The van der Waals surface area contributed by atoms with Crippen molar-refractivity contribution in [1.29, 1.82) is 0 Å². The number of benzene rings is 2. The molecule has 1 N–H and O–H groups in total. The van der Waals surface area contributed by atoms with E-state index in [-0.39, 0.29) is 5.56 Å². The number of ether oxygens (including phenoxy) is 1. The summed E-state index contributed by atoms with van der Waals surface area (Å²) in [5.74, 6) is 0.588. The fourth-order valence-corrected chi connectivity index (χ4v) is 3.95. The fourth-order valence-electron chi connectivity index (χ4n) is 3.00. The molecule has 0 aliphatic heterocycles. The van der Waals surface area contributed by atoms with E-state index in [1.54, 1.807) is 37.2 Å². The zero-order valence-corrected chi connectivity index (χ0v) is 16.6. The Hall–Kier alpha value is -3.32. The summed E-state index contributed by atoms with van der Waals surface area (Å²) in [6, 6.07) is 18.7. The SMILES string of the molecule is COc1ccc(Cn2c(SCc3ccc(C(=O)O)cc3)nc3cccnc32)cc1. The maximum atomic E-state index is 11.0. The van der Waals surface area contributed by atoms with E-state index in [1.165, 1.54) is 0 Å². The number of fused-ring (bicyclic) bond motifs is 1. The van der Waals surface area contributed by atoms with Gasteiger partial charge in [-0.1, -0.05) is 36.0 Å². The topological polar surface area (TPSA) is 77.2 Å². The standard InChI is InChI=1S/C22H19N3O3S/c1-28-18-10-6-15(7-11-18)13-25-20-19(3-2-12-23-20)24-22(25)29-14-16-4-8-17(9-5-16)21(26)27/h2-12H,13-14H2,1H3,(H,26,27). The molecule has 2 aromatic heterocycles. The third-order valence-corrected chi connectivity index (χ3v) is 5.58. The van der Waals surface area contributed by atoms with Gasteiger partial charge in [0.1, 0.15) is 11.3 Å². The van der Waals surface area contributed by atoms with Crippen molar-refractivity contribution in [2.75, 3.05) is 7.11 Å². The van der Waals surface area contributed by atoms with E-state index in [9.17, 15) is 4.79 Å². The maximum Gasteiger partial charge on any atom is 0.335 e. The first-order valence-corrected chi connectivity index (χ1v) is 10.0. The molecular formula is C22H19N3O3S. The summed E-state index contributed by atoms with van der Waals surface area (Å²) in [4.78, 5) is 20.3. The van der Waals surface area contributed by atoms with Crippen molar-refractivity contribution in [1.82, 2.24) is 14.5 Å². The summed E-state index contributed by atoms with van der Waals surface area (Å²) < 4.78 is 7.34. The molecule has 6 nitrogen and oxygen atoms in total. The summed E-state index contributed by atoms with van der Waals surface area (Å²) in [7, 11) is 1.65. The Morgan fingerprint density at radius 2 is 1.79 bits per heavy atom. The molecule has 2 heterocycles. The van der Waals surface area contributed by atoms with Crippen molar-refractivity contribution in [3.05, 3.63) is 83.6 Å². The third kappa shape index (κ3) is 4.25. The average molecular weight is 405 g/mol. The van der Waals surface area contributed by atoms with E-state index in [1.807, 2.05) is 48.5 Å². The molecule has 2 aromatic carbocycles. The lowest BCUT2D eigenvalue weighted by molar-refractivity contribution is 0.0697. The fraction of sp³-hybridized carbons (Fsp3) is 0.136. The first kappa shape index (κ1) is 19.0. The van der Waals surface area contributed by atoms with Crippen molar-refractivity contribution in [2.24, 2.45) is 0 Å². The van der Waals surface area contributed by atoms with Crippen molar-refractivity contribution < 1.29 is 14.6 Å². The summed E-state index contributed by atoms with van der Waals surface area (Å²) in [6.07, 6.45) is 1.77. The van der Waals surface area contributed by atoms with Crippen LogP contribution < -0.4 is 4.74 Å². The highest BCUT2D eigenvalue weighted by Crippen LogP contribution is 2.27. The Bertz CT molecular complexity index is 1140. The van der Waals surface area contributed by atoms with E-state index < -0.39 is 5.97 Å². The van der Waals surface area contributed by atoms with Gasteiger partial charge in [-0.15, -0.1) is 0 Å². The number of aromatic nitrogens is 3. The lowest BCUT2D eigenvalue weighted by atomic mass is 10.1. The molecule has 0 unspecified atom stereocenters. The Morgan fingerprint density at radius 1 is 1.07 bits per heavy atom. The lowest BCUT2D eigenvalue weighted by Crippen LogP contribution is -2.03. The number of hydrogen-bond donors (Lipinski definition) is 1. The minimum absolute atomic E-state index is 0.287. The molecule has 0 aliphatic rings. The summed E-state index contributed by atoms with van der Waals surface area (Å²) in [6.45, 7) is 0.651. The molecule has 0 saturated carbocycles. The quantitative estimate of drug-likeness (QED) is 0.457. The molecule has 4 rings (SSSR count). The van der Waals surface area contributed by atoms with E-state index in [4.69, 9.17) is 14.8 Å². The predicted molar refractivity (Wildman–Crippen MR) is 113 cm³/mol. The lowest BCUT2D eigenvalue weighted by Gasteiger charge is -2.09. The van der Waals surface area contributed by atoms with Gasteiger partial charge in [0.2, 0.25) is 0 Å². The first-order valence-electron chi connectivity index (χ1n) is 9.03. The van der Waals surface area contributed by atoms with Gasteiger partial charge in [-0.2, -0.15) is 0 Å². The normalized spacial score (nSPS) is 10.9. The molecule has 29 heavy (non-hydrogen) atoms. The molecule has 0 bridgehead atoms. The van der Waals surface area contributed by atoms with Crippen LogP contribution in [-0.4, -0.2) is 32.7 Å². The second-order valence-electron chi connectivity index (χ2n) is 6.47. The number of hydrogen-bond acceptors (Lipinski definition) is 5. The molecule has 0 aliphatic carbocycles. The maximum absolute atomic E-state index is 11.0. The number of nitrogens with zero attached hydrogens (tertiary/aromatic N) is 3. The van der Waals surface area contributed by atoms with Crippen LogP contribution in [0.3, 0.4) is 0 Å². The molecule has 0 amide bonds.